The fourth-order valence-electron chi connectivity index (χ4n) is 2.04. The van der Waals surface area contributed by atoms with Gasteiger partial charge in [-0.25, -0.2) is 4.79 Å². The number of anilines is 1. The molecule has 1 aromatic carbocycles. The Hall–Kier alpha value is -3.68. The van der Waals surface area contributed by atoms with Crippen LogP contribution < -0.4 is 5.32 Å². The molecule has 25 heavy (non-hydrogen) atoms. The number of nitrogens with zero attached hydrogens (tertiary/aromatic N) is 4. The summed E-state index contributed by atoms with van der Waals surface area (Å²) in [5.41, 5.74) is 1.89. The van der Waals surface area contributed by atoms with Crippen LogP contribution in [0.5, 0.6) is 0 Å². The van der Waals surface area contributed by atoms with Gasteiger partial charge in [0.2, 0.25) is 0 Å². The molecule has 8 nitrogen and oxygen atoms in total. The van der Waals surface area contributed by atoms with Gasteiger partial charge < -0.3 is 10.1 Å². The zero-order chi connectivity index (χ0) is 17.6. The maximum Gasteiger partial charge on any atom is 0.337 e. The lowest BCUT2D eigenvalue weighted by atomic mass is 10.1. The highest BCUT2D eigenvalue weighted by Gasteiger charge is 2.10. The van der Waals surface area contributed by atoms with Crippen LogP contribution in [-0.4, -0.2) is 39.4 Å². The summed E-state index contributed by atoms with van der Waals surface area (Å²) in [7, 11) is 1.30. The SMILES string of the molecule is COC(=O)c1ccc(C(=O)Nc2ccc(-c3cccnn3)nn2)cc1. The number of esters is 1. The summed E-state index contributed by atoms with van der Waals surface area (Å²) in [4.78, 5) is 23.6. The van der Waals surface area contributed by atoms with Gasteiger partial charge >= 0.3 is 5.97 Å². The van der Waals surface area contributed by atoms with Crippen molar-refractivity contribution in [3.05, 3.63) is 65.9 Å². The molecule has 0 saturated carbocycles. The third-order valence-corrected chi connectivity index (χ3v) is 3.31. The van der Waals surface area contributed by atoms with Gasteiger partial charge in [0.05, 0.1) is 12.7 Å². The number of methoxy groups -OCH3 is 1. The van der Waals surface area contributed by atoms with E-state index in [9.17, 15) is 9.59 Å². The number of hydrogen-bond donors (Lipinski definition) is 1. The molecule has 1 amide bonds. The standard InChI is InChI=1S/C17H13N5O3/c1-25-17(24)12-6-4-11(5-7-12)16(23)19-15-9-8-14(21-22-15)13-3-2-10-18-20-13/h2-10H,1H3,(H,19,22,23). The third-order valence-electron chi connectivity index (χ3n) is 3.31. The van der Waals surface area contributed by atoms with E-state index in [0.29, 0.717) is 28.3 Å². The van der Waals surface area contributed by atoms with Gasteiger partial charge in [0, 0.05) is 11.8 Å². The molecular formula is C17H13N5O3. The molecule has 8 heteroatoms. The Morgan fingerprint density at radius 3 is 2.20 bits per heavy atom. The average molecular weight is 335 g/mol. The number of aromatic nitrogens is 4. The fraction of sp³-hybridized carbons (Fsp3) is 0.0588. The molecule has 0 saturated heterocycles. The van der Waals surface area contributed by atoms with E-state index < -0.39 is 5.97 Å². The Labute approximate surface area is 142 Å². The Morgan fingerprint density at radius 1 is 0.880 bits per heavy atom. The van der Waals surface area contributed by atoms with Gasteiger partial charge in [-0.1, -0.05) is 0 Å². The molecule has 2 heterocycles. The number of nitrogens with one attached hydrogen (secondary N) is 1. The molecule has 0 spiro atoms. The van der Waals surface area contributed by atoms with Gasteiger partial charge in [-0.15, -0.1) is 15.3 Å². The van der Waals surface area contributed by atoms with Gasteiger partial charge in [0.15, 0.2) is 5.82 Å². The van der Waals surface area contributed by atoms with Crippen molar-refractivity contribution in [2.24, 2.45) is 0 Å². The summed E-state index contributed by atoms with van der Waals surface area (Å²) >= 11 is 0. The number of rotatable bonds is 4. The summed E-state index contributed by atoms with van der Waals surface area (Å²) in [6.45, 7) is 0. The predicted octanol–water partition coefficient (Wildman–Crippen LogP) is 1.97. The van der Waals surface area contributed by atoms with Crippen LogP contribution in [0.3, 0.4) is 0 Å². The molecule has 0 fully saturated rings. The molecule has 3 rings (SSSR count). The summed E-state index contributed by atoms with van der Waals surface area (Å²) in [6, 6.07) is 12.9. The molecule has 1 N–H and O–H groups in total. The second-order valence-electron chi connectivity index (χ2n) is 4.94. The third kappa shape index (κ3) is 3.81. The van der Waals surface area contributed by atoms with Crippen molar-refractivity contribution in [1.29, 1.82) is 0 Å². The smallest absolute Gasteiger partial charge is 0.337 e. The highest BCUT2D eigenvalue weighted by molar-refractivity contribution is 6.04. The minimum absolute atomic E-state index is 0.301. The summed E-state index contributed by atoms with van der Waals surface area (Å²) in [5, 5.41) is 18.3. The lowest BCUT2D eigenvalue weighted by Crippen LogP contribution is -2.13. The maximum absolute atomic E-state index is 12.2. The van der Waals surface area contributed by atoms with E-state index in [2.05, 4.69) is 30.4 Å². The molecule has 0 aliphatic heterocycles. The summed E-state index contributed by atoms with van der Waals surface area (Å²) < 4.78 is 4.61. The molecule has 0 atom stereocenters. The lowest BCUT2D eigenvalue weighted by Gasteiger charge is -2.05. The van der Waals surface area contributed by atoms with Gasteiger partial charge in [-0.2, -0.15) is 5.10 Å². The van der Waals surface area contributed by atoms with E-state index in [0.717, 1.165) is 0 Å². The zero-order valence-electron chi connectivity index (χ0n) is 13.2. The van der Waals surface area contributed by atoms with Crippen molar-refractivity contribution in [3.8, 4) is 11.4 Å². The first kappa shape index (κ1) is 16.2. The highest BCUT2D eigenvalue weighted by atomic mass is 16.5. The average Bonchev–Trinajstić information content (AvgIpc) is 2.68. The Morgan fingerprint density at radius 2 is 1.60 bits per heavy atom. The molecule has 0 radical (unpaired) electrons. The molecule has 0 bridgehead atoms. The van der Waals surface area contributed by atoms with Crippen molar-refractivity contribution in [1.82, 2.24) is 20.4 Å². The monoisotopic (exact) mass is 335 g/mol. The molecule has 2 aromatic heterocycles. The number of carbonyl (C=O) groups is 2. The van der Waals surface area contributed by atoms with Crippen molar-refractivity contribution in [3.63, 3.8) is 0 Å². The largest absolute Gasteiger partial charge is 0.465 e. The zero-order valence-corrected chi connectivity index (χ0v) is 13.2. The normalized spacial score (nSPS) is 10.1. The van der Waals surface area contributed by atoms with Crippen molar-refractivity contribution < 1.29 is 14.3 Å². The van der Waals surface area contributed by atoms with Crippen LogP contribution in [0.1, 0.15) is 20.7 Å². The van der Waals surface area contributed by atoms with E-state index in [1.807, 2.05) is 0 Å². The van der Waals surface area contributed by atoms with Gasteiger partial charge in [0.1, 0.15) is 11.4 Å². The van der Waals surface area contributed by atoms with Crippen LogP contribution in [0.2, 0.25) is 0 Å². The second-order valence-corrected chi connectivity index (χ2v) is 4.94. The topological polar surface area (TPSA) is 107 Å². The first-order chi connectivity index (χ1) is 12.2. The van der Waals surface area contributed by atoms with Crippen LogP contribution in [0.25, 0.3) is 11.4 Å². The van der Waals surface area contributed by atoms with Crippen LogP contribution in [-0.2, 0) is 4.74 Å². The number of amides is 1. The molecular weight excluding hydrogens is 322 g/mol. The minimum Gasteiger partial charge on any atom is -0.465 e. The highest BCUT2D eigenvalue weighted by Crippen LogP contribution is 2.14. The van der Waals surface area contributed by atoms with Gasteiger partial charge in [-0.3, -0.25) is 4.79 Å². The fourth-order valence-corrected chi connectivity index (χ4v) is 2.04. The molecule has 3 aromatic rings. The van der Waals surface area contributed by atoms with E-state index in [1.54, 1.807) is 30.5 Å². The van der Waals surface area contributed by atoms with Gasteiger partial charge in [-0.05, 0) is 48.5 Å². The Bertz CT molecular complexity index is 880. The summed E-state index contributed by atoms with van der Waals surface area (Å²) in [5.74, 6) is -0.523. The number of carbonyl (C=O) groups excluding carboxylic acids is 2. The number of hydrogen-bond acceptors (Lipinski definition) is 7. The van der Waals surface area contributed by atoms with Crippen molar-refractivity contribution >= 4 is 17.7 Å². The molecule has 0 unspecified atom stereocenters. The number of ether oxygens (including phenoxy) is 1. The van der Waals surface area contributed by atoms with E-state index >= 15 is 0 Å². The number of benzene rings is 1. The first-order valence-electron chi connectivity index (χ1n) is 7.29. The quantitative estimate of drug-likeness (QED) is 0.726. The first-order valence-corrected chi connectivity index (χ1v) is 7.29. The minimum atomic E-state index is -0.461. The van der Waals surface area contributed by atoms with E-state index in [1.165, 1.54) is 31.4 Å². The van der Waals surface area contributed by atoms with Crippen LogP contribution in [0.15, 0.2) is 54.7 Å². The van der Waals surface area contributed by atoms with Crippen LogP contribution in [0, 0.1) is 0 Å². The van der Waals surface area contributed by atoms with Crippen molar-refractivity contribution in [2.45, 2.75) is 0 Å². The molecule has 0 aliphatic carbocycles. The summed E-state index contributed by atoms with van der Waals surface area (Å²) in [6.07, 6.45) is 1.57. The molecule has 0 aliphatic rings. The Balaban J connectivity index is 1.69. The maximum atomic E-state index is 12.2. The lowest BCUT2D eigenvalue weighted by molar-refractivity contribution is 0.0600. The second kappa shape index (κ2) is 7.26. The van der Waals surface area contributed by atoms with Crippen LogP contribution >= 0.6 is 0 Å². The van der Waals surface area contributed by atoms with Gasteiger partial charge in [0.25, 0.3) is 5.91 Å². The Kier molecular flexibility index (Phi) is 4.70. The van der Waals surface area contributed by atoms with Crippen LogP contribution in [0.4, 0.5) is 5.82 Å². The van der Waals surface area contributed by atoms with Crippen molar-refractivity contribution in [2.75, 3.05) is 12.4 Å². The predicted molar refractivity (Wildman–Crippen MR) is 88.8 cm³/mol. The molecule has 124 valence electrons. The van der Waals surface area contributed by atoms with E-state index in [4.69, 9.17) is 0 Å². The van der Waals surface area contributed by atoms with E-state index in [-0.39, 0.29) is 5.91 Å².